The van der Waals surface area contributed by atoms with E-state index in [9.17, 15) is 5.11 Å². The van der Waals surface area contributed by atoms with Gasteiger partial charge in [-0.15, -0.1) is 22.9 Å². The number of quaternary nitrogens is 2. The van der Waals surface area contributed by atoms with Crippen LogP contribution in [0, 0.1) is 6.92 Å². The number of thiazole rings is 1. The van der Waals surface area contributed by atoms with Crippen molar-refractivity contribution in [2.75, 3.05) is 58.8 Å². The molecule has 1 aromatic heterocycles. The molecule has 0 spiro atoms. The van der Waals surface area contributed by atoms with Crippen LogP contribution in [0.3, 0.4) is 0 Å². The Morgan fingerprint density at radius 1 is 1.19 bits per heavy atom. The second-order valence-corrected chi connectivity index (χ2v) is 8.38. The zero-order valence-corrected chi connectivity index (χ0v) is 18.5. The van der Waals surface area contributed by atoms with E-state index in [0.29, 0.717) is 6.61 Å². The second kappa shape index (κ2) is 11.1. The van der Waals surface area contributed by atoms with Gasteiger partial charge < -0.3 is 14.5 Å². The third kappa shape index (κ3) is 6.00. The standard InChI is InChI=1S/C20H30N3OS.CH3Cl/c1-3-23(15-16-24)13-11-22(12-14-23)10-9-19-20(25-17(2)21-19)18-7-5-4-6-8-18;1-2/h4-8,24H,3,9-16H2,1-2H3;1H3/q+1;/p+1. The molecule has 1 aromatic carbocycles. The summed E-state index contributed by atoms with van der Waals surface area (Å²) < 4.78 is 1.09. The smallest absolute Gasteiger partial charge is 0.129 e. The highest BCUT2D eigenvalue weighted by Crippen LogP contribution is 2.30. The van der Waals surface area contributed by atoms with E-state index in [0.717, 1.165) is 35.5 Å². The number of alkyl halides is 1. The van der Waals surface area contributed by atoms with Crippen LogP contribution < -0.4 is 4.90 Å². The zero-order chi connectivity index (χ0) is 19.7. The lowest BCUT2D eigenvalue weighted by Crippen LogP contribution is -3.15. The summed E-state index contributed by atoms with van der Waals surface area (Å²) in [6, 6.07) is 10.7. The molecule has 1 fully saturated rings. The van der Waals surface area contributed by atoms with E-state index in [4.69, 9.17) is 4.98 Å². The van der Waals surface area contributed by atoms with Crippen LogP contribution >= 0.6 is 22.9 Å². The number of aryl methyl sites for hydroxylation is 1. The number of aromatic nitrogens is 1. The fourth-order valence-corrected chi connectivity index (χ4v) is 4.91. The number of rotatable bonds is 7. The summed E-state index contributed by atoms with van der Waals surface area (Å²) in [6.07, 6.45) is 2.52. The van der Waals surface area contributed by atoms with Crippen molar-refractivity contribution in [2.45, 2.75) is 20.3 Å². The van der Waals surface area contributed by atoms with Crippen LogP contribution in [0.1, 0.15) is 17.6 Å². The summed E-state index contributed by atoms with van der Waals surface area (Å²) >= 11 is 6.45. The van der Waals surface area contributed by atoms with E-state index in [1.54, 1.807) is 4.90 Å². The lowest BCUT2D eigenvalue weighted by molar-refractivity contribution is -1.02. The number of hydrogen-bond donors (Lipinski definition) is 2. The number of benzene rings is 1. The van der Waals surface area contributed by atoms with Crippen LogP contribution in [0.4, 0.5) is 0 Å². The van der Waals surface area contributed by atoms with Gasteiger partial charge >= 0.3 is 0 Å². The fourth-order valence-electron chi connectivity index (χ4n) is 3.94. The first kappa shape index (κ1) is 22.3. The highest BCUT2D eigenvalue weighted by Gasteiger charge is 2.33. The van der Waals surface area contributed by atoms with Gasteiger partial charge in [0, 0.05) is 12.8 Å². The Labute approximate surface area is 173 Å². The van der Waals surface area contributed by atoms with Crippen molar-refractivity contribution in [2.24, 2.45) is 0 Å². The largest absolute Gasteiger partial charge is 0.391 e. The molecule has 0 saturated carbocycles. The fraction of sp³-hybridized carbons (Fsp3) is 0.571. The van der Waals surface area contributed by atoms with Crippen molar-refractivity contribution in [3.05, 3.63) is 41.0 Å². The minimum atomic E-state index is 0.307. The quantitative estimate of drug-likeness (QED) is 0.541. The zero-order valence-electron chi connectivity index (χ0n) is 16.9. The number of piperazine rings is 1. The summed E-state index contributed by atoms with van der Waals surface area (Å²) in [5.41, 5.74) is 2.56. The monoisotopic (exact) mass is 411 g/mol. The average Bonchev–Trinajstić information content (AvgIpc) is 3.10. The molecule has 0 unspecified atom stereocenters. The number of likely N-dealkylation sites (N-methyl/N-ethyl adjacent to an activating group) is 1. The van der Waals surface area contributed by atoms with Crippen LogP contribution in [0.25, 0.3) is 10.4 Å². The molecule has 0 radical (unpaired) electrons. The number of nitrogens with one attached hydrogen (secondary N) is 1. The highest BCUT2D eigenvalue weighted by molar-refractivity contribution is 7.15. The first-order valence-corrected chi connectivity index (χ1v) is 11.4. The first-order valence-electron chi connectivity index (χ1n) is 9.85. The van der Waals surface area contributed by atoms with Gasteiger partial charge in [0.15, 0.2) is 0 Å². The van der Waals surface area contributed by atoms with Gasteiger partial charge in [0.05, 0.1) is 35.3 Å². The summed E-state index contributed by atoms with van der Waals surface area (Å²) in [5.74, 6) is 0. The molecule has 2 N–H and O–H groups in total. The van der Waals surface area contributed by atoms with Crippen LogP contribution in [-0.4, -0.2) is 73.4 Å². The summed E-state index contributed by atoms with van der Waals surface area (Å²) in [4.78, 5) is 7.84. The van der Waals surface area contributed by atoms with Gasteiger partial charge in [-0.3, -0.25) is 0 Å². The lowest BCUT2D eigenvalue weighted by Gasteiger charge is -2.42. The molecule has 0 bridgehead atoms. The van der Waals surface area contributed by atoms with Gasteiger partial charge in [0.2, 0.25) is 0 Å². The Balaban J connectivity index is 0.00000126. The Kier molecular flexibility index (Phi) is 9.19. The Bertz CT molecular complexity index is 669. The second-order valence-electron chi connectivity index (χ2n) is 7.18. The number of aliphatic hydroxyl groups excluding tert-OH is 1. The third-order valence-corrected chi connectivity index (χ3v) is 6.74. The molecule has 150 valence electrons. The maximum absolute atomic E-state index is 9.34. The van der Waals surface area contributed by atoms with Crippen LogP contribution in [0.5, 0.6) is 0 Å². The van der Waals surface area contributed by atoms with Gasteiger partial charge in [0.25, 0.3) is 0 Å². The molecule has 1 saturated heterocycles. The maximum atomic E-state index is 9.34. The lowest BCUT2D eigenvalue weighted by atomic mass is 10.1. The minimum Gasteiger partial charge on any atom is -0.391 e. The van der Waals surface area contributed by atoms with E-state index in [1.165, 1.54) is 48.7 Å². The molecule has 27 heavy (non-hydrogen) atoms. The Hall–Kier alpha value is -0.980. The number of hydrogen-bond acceptors (Lipinski definition) is 3. The third-order valence-electron chi connectivity index (χ3n) is 5.68. The topological polar surface area (TPSA) is 37.6 Å². The molecule has 3 rings (SSSR count). The van der Waals surface area contributed by atoms with Crippen molar-refractivity contribution in [3.8, 4) is 10.4 Å². The van der Waals surface area contributed by atoms with Gasteiger partial charge in [0.1, 0.15) is 32.7 Å². The van der Waals surface area contributed by atoms with Crippen molar-refractivity contribution in [1.82, 2.24) is 4.98 Å². The summed E-state index contributed by atoms with van der Waals surface area (Å²) in [7, 11) is 0. The van der Waals surface area contributed by atoms with Gasteiger partial charge in [-0.2, -0.15) is 0 Å². The maximum Gasteiger partial charge on any atom is 0.129 e. The molecule has 0 atom stereocenters. The van der Waals surface area contributed by atoms with Crippen molar-refractivity contribution < 1.29 is 14.5 Å². The minimum absolute atomic E-state index is 0.307. The first-order chi connectivity index (χ1) is 13.2. The van der Waals surface area contributed by atoms with E-state index < -0.39 is 0 Å². The van der Waals surface area contributed by atoms with Crippen LogP contribution in [0.15, 0.2) is 30.3 Å². The van der Waals surface area contributed by atoms with Crippen LogP contribution in [-0.2, 0) is 6.42 Å². The predicted octanol–water partition coefficient (Wildman–Crippen LogP) is 2.24. The van der Waals surface area contributed by atoms with Crippen molar-refractivity contribution >= 4 is 22.9 Å². The van der Waals surface area contributed by atoms with Crippen molar-refractivity contribution in [1.29, 1.82) is 0 Å². The van der Waals surface area contributed by atoms with Gasteiger partial charge in [-0.25, -0.2) is 4.98 Å². The Morgan fingerprint density at radius 3 is 2.44 bits per heavy atom. The SMILES string of the molecule is CC[N+]1(CCO)CC[NH+](CCc2nc(C)sc2-c2ccccc2)CC1.CCl. The number of nitrogens with zero attached hydrogens (tertiary/aromatic N) is 2. The highest BCUT2D eigenvalue weighted by atomic mass is 35.5. The molecule has 2 aromatic rings. The molecule has 6 heteroatoms. The summed E-state index contributed by atoms with van der Waals surface area (Å²) in [6.45, 7) is 12.7. The molecule has 0 aliphatic carbocycles. The number of halogens is 1. The molecule has 1 aliphatic rings. The van der Waals surface area contributed by atoms with E-state index >= 15 is 0 Å². The van der Waals surface area contributed by atoms with Crippen molar-refractivity contribution in [3.63, 3.8) is 0 Å². The predicted molar refractivity (Wildman–Crippen MR) is 116 cm³/mol. The summed E-state index contributed by atoms with van der Waals surface area (Å²) in [5, 5.41) is 10.5. The number of aliphatic hydroxyl groups is 1. The molecule has 4 nitrogen and oxygen atoms in total. The Morgan fingerprint density at radius 2 is 1.85 bits per heavy atom. The van der Waals surface area contributed by atoms with Gasteiger partial charge in [-0.1, -0.05) is 30.3 Å². The molecule has 1 aliphatic heterocycles. The van der Waals surface area contributed by atoms with Crippen LogP contribution in [0.2, 0.25) is 0 Å². The normalized spacial score (nSPS) is 22.2. The molecule has 0 amide bonds. The average molecular weight is 412 g/mol. The van der Waals surface area contributed by atoms with Gasteiger partial charge in [-0.05, 0) is 19.4 Å². The van der Waals surface area contributed by atoms with E-state index in [2.05, 4.69) is 55.8 Å². The van der Waals surface area contributed by atoms with E-state index in [1.807, 2.05) is 11.3 Å². The molecule has 2 heterocycles. The molecular formula is C21H34ClN3OS+2. The van der Waals surface area contributed by atoms with E-state index in [-0.39, 0.29) is 0 Å². The molecular weight excluding hydrogens is 378 g/mol.